The largest absolute Gasteiger partial charge is 0.319 e. The van der Waals surface area contributed by atoms with E-state index in [-0.39, 0.29) is 0 Å². The second kappa shape index (κ2) is 4.83. The van der Waals surface area contributed by atoms with Gasteiger partial charge < -0.3 is 9.88 Å². The normalized spacial score (nSPS) is 10.5. The molecule has 0 atom stereocenters. The number of imidazole rings is 1. The van der Waals surface area contributed by atoms with Gasteiger partial charge in [0, 0.05) is 18.8 Å². The van der Waals surface area contributed by atoms with Crippen LogP contribution in [0.4, 0.5) is 0 Å². The summed E-state index contributed by atoms with van der Waals surface area (Å²) in [4.78, 5) is 4.24. The average molecular weight is 191 g/mol. The summed E-state index contributed by atoms with van der Waals surface area (Å²) in [6.07, 6.45) is 7.17. The molecule has 0 aliphatic carbocycles. The third kappa shape index (κ3) is 2.61. The molecule has 1 heterocycles. The first-order valence-corrected chi connectivity index (χ1v) is 4.83. The lowest BCUT2D eigenvalue weighted by atomic mass is 10.3. The molecule has 0 aliphatic heterocycles. The molecule has 76 valence electrons. The molecular weight excluding hydrogens is 174 g/mol. The van der Waals surface area contributed by atoms with Gasteiger partial charge in [0.1, 0.15) is 5.82 Å². The van der Waals surface area contributed by atoms with E-state index in [9.17, 15) is 0 Å². The Hall–Kier alpha value is -1.27. The molecule has 0 saturated heterocycles. The Bertz CT molecular complexity index is 331. The van der Waals surface area contributed by atoms with Gasteiger partial charge in [-0.2, -0.15) is 0 Å². The Balaban J connectivity index is 2.71. The average Bonchev–Trinajstić information content (AvgIpc) is 2.46. The smallest absolute Gasteiger partial charge is 0.106 e. The Morgan fingerprint density at radius 1 is 1.64 bits per heavy atom. The Kier molecular flexibility index (Phi) is 3.73. The molecule has 0 radical (unpaired) electrons. The zero-order valence-electron chi connectivity index (χ0n) is 9.04. The molecular formula is C11H17N3. The molecule has 0 aromatic carbocycles. The van der Waals surface area contributed by atoms with E-state index in [2.05, 4.69) is 34.6 Å². The van der Waals surface area contributed by atoms with Crippen LogP contribution >= 0.6 is 0 Å². The van der Waals surface area contributed by atoms with Crippen molar-refractivity contribution in [3.63, 3.8) is 0 Å². The number of aryl methyl sites for hydroxylation is 1. The van der Waals surface area contributed by atoms with Crippen LogP contribution in [0, 0.1) is 19.3 Å². The van der Waals surface area contributed by atoms with E-state index >= 15 is 0 Å². The lowest BCUT2D eigenvalue weighted by Crippen LogP contribution is -2.23. The molecule has 1 aromatic heterocycles. The zero-order chi connectivity index (χ0) is 10.6. The molecule has 0 unspecified atom stereocenters. The summed E-state index contributed by atoms with van der Waals surface area (Å²) in [5.74, 6) is 3.61. The van der Waals surface area contributed by atoms with Crippen LogP contribution in [0.15, 0.2) is 6.20 Å². The quantitative estimate of drug-likeness (QED) is 0.727. The number of hydrogen-bond donors (Lipinski definition) is 1. The first kappa shape index (κ1) is 10.8. The number of nitrogens with one attached hydrogen (secondary N) is 1. The van der Waals surface area contributed by atoms with Crippen molar-refractivity contribution >= 4 is 0 Å². The summed E-state index contributed by atoms with van der Waals surface area (Å²) in [5.41, 5.74) is 1.15. The van der Waals surface area contributed by atoms with Gasteiger partial charge in [-0.15, -0.1) is 6.42 Å². The first-order chi connectivity index (χ1) is 6.65. The summed E-state index contributed by atoms with van der Waals surface area (Å²) in [6.45, 7) is 7.63. The van der Waals surface area contributed by atoms with Gasteiger partial charge >= 0.3 is 0 Å². The second-order valence-electron chi connectivity index (χ2n) is 3.62. The first-order valence-electron chi connectivity index (χ1n) is 4.83. The van der Waals surface area contributed by atoms with E-state index in [1.165, 1.54) is 0 Å². The fraction of sp³-hybridized carbons (Fsp3) is 0.545. The maximum Gasteiger partial charge on any atom is 0.106 e. The summed E-state index contributed by atoms with van der Waals surface area (Å²) in [5, 5.41) is 3.34. The maximum absolute atomic E-state index is 5.29. The molecule has 0 saturated carbocycles. The maximum atomic E-state index is 5.29. The van der Waals surface area contributed by atoms with Gasteiger partial charge in [0.25, 0.3) is 0 Å². The SMILES string of the molecule is C#CCn1c(CNC(C)C)cnc1C. The van der Waals surface area contributed by atoms with Crippen molar-refractivity contribution in [2.24, 2.45) is 0 Å². The highest BCUT2D eigenvalue weighted by molar-refractivity contribution is 5.07. The minimum Gasteiger partial charge on any atom is -0.319 e. The fourth-order valence-electron chi connectivity index (χ4n) is 1.27. The van der Waals surface area contributed by atoms with Gasteiger partial charge in [0.05, 0.1) is 12.2 Å². The van der Waals surface area contributed by atoms with E-state index < -0.39 is 0 Å². The van der Waals surface area contributed by atoms with E-state index in [1.54, 1.807) is 0 Å². The molecule has 0 amide bonds. The Labute approximate surface area is 85.5 Å². The van der Waals surface area contributed by atoms with Crippen LogP contribution in [-0.2, 0) is 13.1 Å². The predicted octanol–water partition coefficient (Wildman–Crippen LogP) is 1.32. The van der Waals surface area contributed by atoms with Gasteiger partial charge in [-0.05, 0) is 6.92 Å². The molecule has 0 fully saturated rings. The molecule has 1 N–H and O–H groups in total. The summed E-state index contributed by atoms with van der Waals surface area (Å²) in [6, 6.07) is 0.476. The number of nitrogens with zero attached hydrogens (tertiary/aromatic N) is 2. The van der Waals surface area contributed by atoms with Crippen LogP contribution in [-0.4, -0.2) is 15.6 Å². The summed E-state index contributed by atoms with van der Waals surface area (Å²) in [7, 11) is 0. The third-order valence-corrected chi connectivity index (χ3v) is 2.08. The summed E-state index contributed by atoms with van der Waals surface area (Å²) < 4.78 is 2.05. The van der Waals surface area contributed by atoms with Crippen molar-refractivity contribution in [1.82, 2.24) is 14.9 Å². The lowest BCUT2D eigenvalue weighted by Gasteiger charge is -2.10. The molecule has 1 rings (SSSR count). The van der Waals surface area contributed by atoms with Crippen molar-refractivity contribution in [3.05, 3.63) is 17.7 Å². The van der Waals surface area contributed by atoms with Crippen LogP contribution in [0.3, 0.4) is 0 Å². The second-order valence-corrected chi connectivity index (χ2v) is 3.62. The highest BCUT2D eigenvalue weighted by atomic mass is 15.1. The molecule has 3 nitrogen and oxygen atoms in total. The minimum atomic E-state index is 0.476. The van der Waals surface area contributed by atoms with E-state index in [4.69, 9.17) is 6.42 Å². The number of rotatable bonds is 4. The number of terminal acetylenes is 1. The van der Waals surface area contributed by atoms with Crippen molar-refractivity contribution in [3.8, 4) is 12.3 Å². The molecule has 0 spiro atoms. The van der Waals surface area contributed by atoms with Crippen LogP contribution < -0.4 is 5.32 Å². The van der Waals surface area contributed by atoms with Gasteiger partial charge in [-0.25, -0.2) is 4.98 Å². The van der Waals surface area contributed by atoms with E-state index in [0.717, 1.165) is 18.1 Å². The van der Waals surface area contributed by atoms with E-state index in [1.807, 2.05) is 13.1 Å². The van der Waals surface area contributed by atoms with Gasteiger partial charge in [-0.3, -0.25) is 0 Å². The standard InChI is InChI=1S/C11H17N3/c1-5-6-14-10(4)13-8-11(14)7-12-9(2)3/h1,8-9,12H,6-7H2,2-4H3. The third-order valence-electron chi connectivity index (χ3n) is 2.08. The Morgan fingerprint density at radius 2 is 2.36 bits per heavy atom. The van der Waals surface area contributed by atoms with Crippen LogP contribution in [0.2, 0.25) is 0 Å². The van der Waals surface area contributed by atoms with Crippen molar-refractivity contribution in [1.29, 1.82) is 0 Å². The highest BCUT2D eigenvalue weighted by Gasteiger charge is 2.05. The van der Waals surface area contributed by atoms with Crippen molar-refractivity contribution in [2.45, 2.75) is 39.9 Å². The van der Waals surface area contributed by atoms with Crippen LogP contribution in [0.5, 0.6) is 0 Å². The van der Waals surface area contributed by atoms with Gasteiger partial charge in [-0.1, -0.05) is 19.8 Å². The van der Waals surface area contributed by atoms with Crippen LogP contribution in [0.25, 0.3) is 0 Å². The fourth-order valence-corrected chi connectivity index (χ4v) is 1.27. The molecule has 14 heavy (non-hydrogen) atoms. The Morgan fingerprint density at radius 3 is 2.93 bits per heavy atom. The predicted molar refractivity (Wildman–Crippen MR) is 57.8 cm³/mol. The van der Waals surface area contributed by atoms with Crippen LogP contribution in [0.1, 0.15) is 25.4 Å². The highest BCUT2D eigenvalue weighted by Crippen LogP contribution is 2.04. The zero-order valence-corrected chi connectivity index (χ0v) is 9.04. The molecule has 3 heteroatoms. The monoisotopic (exact) mass is 191 g/mol. The number of aromatic nitrogens is 2. The molecule has 0 bridgehead atoms. The lowest BCUT2D eigenvalue weighted by molar-refractivity contribution is 0.564. The van der Waals surface area contributed by atoms with Gasteiger partial charge in [0.15, 0.2) is 0 Å². The minimum absolute atomic E-state index is 0.476. The summed E-state index contributed by atoms with van der Waals surface area (Å²) >= 11 is 0. The van der Waals surface area contributed by atoms with Crippen molar-refractivity contribution in [2.75, 3.05) is 0 Å². The van der Waals surface area contributed by atoms with Crippen molar-refractivity contribution < 1.29 is 0 Å². The van der Waals surface area contributed by atoms with Gasteiger partial charge in [0.2, 0.25) is 0 Å². The number of hydrogen-bond acceptors (Lipinski definition) is 2. The van der Waals surface area contributed by atoms with E-state index in [0.29, 0.717) is 12.6 Å². The molecule has 0 aliphatic rings. The molecule has 1 aromatic rings. The topological polar surface area (TPSA) is 29.9 Å².